The molecule has 0 radical (unpaired) electrons. The fourth-order valence-electron chi connectivity index (χ4n) is 2.07. The van der Waals surface area contributed by atoms with E-state index >= 15 is 0 Å². The maximum atomic E-state index is 12.0. The van der Waals surface area contributed by atoms with Crippen LogP contribution >= 0.6 is 0 Å². The van der Waals surface area contributed by atoms with Gasteiger partial charge in [-0.1, -0.05) is 0 Å². The molecule has 100 valence electrons. The van der Waals surface area contributed by atoms with E-state index in [-0.39, 0.29) is 24.4 Å². The van der Waals surface area contributed by atoms with Crippen LogP contribution in [0.4, 0.5) is 13.2 Å². The Morgan fingerprint density at radius 1 is 1.47 bits per heavy atom. The molecular formula is C11H19F3N2O. The summed E-state index contributed by atoms with van der Waals surface area (Å²) in [6, 6.07) is 0.0459. The Hall–Kier alpha value is -0.780. The third kappa shape index (κ3) is 4.53. The number of hydrogen-bond acceptors (Lipinski definition) is 2. The van der Waals surface area contributed by atoms with Crippen molar-refractivity contribution >= 4 is 5.91 Å². The van der Waals surface area contributed by atoms with Gasteiger partial charge in [0.25, 0.3) is 0 Å². The molecule has 17 heavy (non-hydrogen) atoms. The minimum atomic E-state index is -4.20. The summed E-state index contributed by atoms with van der Waals surface area (Å²) in [6.45, 7) is 2.52. The number of nitrogens with zero attached hydrogens (tertiary/aromatic N) is 1. The van der Waals surface area contributed by atoms with Crippen LogP contribution in [0, 0.1) is 5.92 Å². The van der Waals surface area contributed by atoms with Crippen LogP contribution in [-0.2, 0) is 4.79 Å². The highest BCUT2D eigenvalue weighted by molar-refractivity contribution is 5.79. The van der Waals surface area contributed by atoms with Crippen LogP contribution < -0.4 is 5.32 Å². The van der Waals surface area contributed by atoms with E-state index in [4.69, 9.17) is 0 Å². The Balaban J connectivity index is 2.45. The number of nitrogens with one attached hydrogen (secondary N) is 1. The highest BCUT2D eigenvalue weighted by atomic mass is 19.4. The second-order valence-corrected chi connectivity index (χ2v) is 4.62. The predicted octanol–water partition coefficient (Wildman–Crippen LogP) is 1.79. The number of carbonyl (C=O) groups excluding carboxylic acids is 1. The Morgan fingerprint density at radius 2 is 2.12 bits per heavy atom. The molecule has 1 saturated heterocycles. The minimum absolute atomic E-state index is 0.0459. The first-order valence-electron chi connectivity index (χ1n) is 5.86. The summed E-state index contributed by atoms with van der Waals surface area (Å²) in [5.41, 5.74) is 0. The maximum Gasteiger partial charge on any atom is 0.390 e. The van der Waals surface area contributed by atoms with E-state index in [9.17, 15) is 18.0 Å². The summed E-state index contributed by atoms with van der Waals surface area (Å²) in [5, 5.41) is 3.17. The summed E-state index contributed by atoms with van der Waals surface area (Å²) in [6.07, 6.45) is -3.49. The van der Waals surface area contributed by atoms with E-state index in [0.29, 0.717) is 0 Å². The molecule has 1 heterocycles. The molecule has 0 spiro atoms. The lowest BCUT2D eigenvalue weighted by Gasteiger charge is -2.32. The molecule has 1 amide bonds. The van der Waals surface area contributed by atoms with Gasteiger partial charge in [0.1, 0.15) is 0 Å². The third-order valence-electron chi connectivity index (χ3n) is 3.19. The van der Waals surface area contributed by atoms with Crippen molar-refractivity contribution in [2.45, 2.75) is 38.4 Å². The van der Waals surface area contributed by atoms with Gasteiger partial charge in [-0.15, -0.1) is 0 Å². The average molecular weight is 252 g/mol. The van der Waals surface area contributed by atoms with Crippen molar-refractivity contribution in [3.8, 4) is 0 Å². The monoisotopic (exact) mass is 252 g/mol. The largest absolute Gasteiger partial charge is 0.390 e. The number of piperidine rings is 1. The maximum absolute atomic E-state index is 12.0. The highest BCUT2D eigenvalue weighted by Crippen LogP contribution is 2.22. The molecule has 1 aliphatic heterocycles. The molecule has 0 bridgehead atoms. The number of halogens is 3. The SMILES string of the molecule is CC1NCCCC1C(=O)N(C)CCC(F)(F)F. The summed E-state index contributed by atoms with van der Waals surface area (Å²) < 4.78 is 36.1. The number of amides is 1. The van der Waals surface area contributed by atoms with Crippen LogP contribution in [-0.4, -0.2) is 43.2 Å². The van der Waals surface area contributed by atoms with Crippen molar-refractivity contribution in [2.75, 3.05) is 20.1 Å². The highest BCUT2D eigenvalue weighted by Gasteiger charge is 2.32. The lowest BCUT2D eigenvalue weighted by molar-refractivity contribution is -0.147. The average Bonchev–Trinajstić information content (AvgIpc) is 2.24. The topological polar surface area (TPSA) is 32.3 Å². The molecule has 0 aromatic rings. The molecule has 1 fully saturated rings. The second-order valence-electron chi connectivity index (χ2n) is 4.62. The molecule has 1 rings (SSSR count). The lowest BCUT2D eigenvalue weighted by Crippen LogP contribution is -2.47. The number of alkyl halides is 3. The van der Waals surface area contributed by atoms with Crippen LogP contribution in [0.5, 0.6) is 0 Å². The van der Waals surface area contributed by atoms with Crippen molar-refractivity contribution in [3.05, 3.63) is 0 Å². The van der Waals surface area contributed by atoms with Gasteiger partial charge in [0.2, 0.25) is 5.91 Å². The van der Waals surface area contributed by atoms with E-state index in [1.807, 2.05) is 6.92 Å². The van der Waals surface area contributed by atoms with Gasteiger partial charge in [-0.2, -0.15) is 13.2 Å². The Bertz CT molecular complexity index is 268. The van der Waals surface area contributed by atoms with Gasteiger partial charge in [0.05, 0.1) is 12.3 Å². The van der Waals surface area contributed by atoms with Crippen LogP contribution in [0.3, 0.4) is 0 Å². The number of carbonyl (C=O) groups is 1. The van der Waals surface area contributed by atoms with Gasteiger partial charge in [0.15, 0.2) is 0 Å². The van der Waals surface area contributed by atoms with E-state index in [0.717, 1.165) is 19.4 Å². The first kappa shape index (κ1) is 14.3. The van der Waals surface area contributed by atoms with Gasteiger partial charge < -0.3 is 10.2 Å². The quantitative estimate of drug-likeness (QED) is 0.830. The molecule has 2 unspecified atom stereocenters. The first-order chi connectivity index (χ1) is 7.81. The van der Waals surface area contributed by atoms with E-state index in [1.54, 1.807) is 0 Å². The van der Waals surface area contributed by atoms with Gasteiger partial charge in [-0.3, -0.25) is 4.79 Å². The Kier molecular flexibility index (Phi) is 4.80. The smallest absolute Gasteiger partial charge is 0.345 e. The van der Waals surface area contributed by atoms with Crippen molar-refractivity contribution in [3.63, 3.8) is 0 Å². The molecule has 0 aromatic heterocycles. The fourth-order valence-corrected chi connectivity index (χ4v) is 2.07. The van der Waals surface area contributed by atoms with Gasteiger partial charge in [-0.25, -0.2) is 0 Å². The first-order valence-corrected chi connectivity index (χ1v) is 5.86. The van der Waals surface area contributed by atoms with Crippen LogP contribution in [0.2, 0.25) is 0 Å². The van der Waals surface area contributed by atoms with Crippen molar-refractivity contribution in [1.29, 1.82) is 0 Å². The standard InChI is InChI=1S/C11H19F3N2O/c1-8-9(4-3-6-15-8)10(17)16(2)7-5-11(12,13)14/h8-9,15H,3-7H2,1-2H3. The normalized spacial score (nSPS) is 25.7. The molecule has 3 nitrogen and oxygen atoms in total. The molecular weight excluding hydrogens is 233 g/mol. The molecule has 6 heteroatoms. The van der Waals surface area contributed by atoms with E-state index < -0.39 is 12.6 Å². The van der Waals surface area contributed by atoms with Crippen molar-refractivity contribution in [1.82, 2.24) is 10.2 Å². The summed E-state index contributed by atoms with van der Waals surface area (Å²) >= 11 is 0. The number of hydrogen-bond donors (Lipinski definition) is 1. The van der Waals surface area contributed by atoms with Gasteiger partial charge >= 0.3 is 6.18 Å². The lowest BCUT2D eigenvalue weighted by atomic mass is 9.91. The zero-order valence-electron chi connectivity index (χ0n) is 10.2. The second kappa shape index (κ2) is 5.71. The molecule has 0 saturated carbocycles. The van der Waals surface area contributed by atoms with Gasteiger partial charge in [0, 0.05) is 19.6 Å². The molecule has 2 atom stereocenters. The van der Waals surface area contributed by atoms with Gasteiger partial charge in [-0.05, 0) is 26.3 Å². The fraction of sp³-hybridized carbons (Fsp3) is 0.909. The molecule has 1 aliphatic rings. The van der Waals surface area contributed by atoms with Crippen LogP contribution in [0.15, 0.2) is 0 Å². The molecule has 0 aromatic carbocycles. The van der Waals surface area contributed by atoms with Crippen molar-refractivity contribution in [2.24, 2.45) is 5.92 Å². The zero-order valence-corrected chi connectivity index (χ0v) is 10.2. The third-order valence-corrected chi connectivity index (χ3v) is 3.19. The Labute approximate surface area is 99.4 Å². The summed E-state index contributed by atoms with van der Waals surface area (Å²) in [4.78, 5) is 13.1. The van der Waals surface area contributed by atoms with Crippen molar-refractivity contribution < 1.29 is 18.0 Å². The predicted molar refractivity (Wildman–Crippen MR) is 58.5 cm³/mol. The molecule has 1 N–H and O–H groups in total. The number of rotatable bonds is 3. The Morgan fingerprint density at radius 3 is 2.65 bits per heavy atom. The van der Waals surface area contributed by atoms with E-state index in [2.05, 4.69) is 5.32 Å². The summed E-state index contributed by atoms with van der Waals surface area (Å²) in [7, 11) is 1.44. The zero-order chi connectivity index (χ0) is 13.1. The van der Waals surface area contributed by atoms with E-state index in [1.165, 1.54) is 11.9 Å². The van der Waals surface area contributed by atoms with Crippen LogP contribution in [0.25, 0.3) is 0 Å². The van der Waals surface area contributed by atoms with Crippen LogP contribution in [0.1, 0.15) is 26.2 Å². The molecule has 0 aliphatic carbocycles. The summed E-state index contributed by atoms with van der Waals surface area (Å²) in [5.74, 6) is -0.379. The minimum Gasteiger partial charge on any atom is -0.345 e.